The minimum Gasteiger partial charge on any atom is -0.481 e. The van der Waals surface area contributed by atoms with Crippen LogP contribution < -0.4 is 5.32 Å². The summed E-state index contributed by atoms with van der Waals surface area (Å²) < 4.78 is 5.24. The van der Waals surface area contributed by atoms with Crippen LogP contribution in [0.3, 0.4) is 0 Å². The van der Waals surface area contributed by atoms with E-state index in [9.17, 15) is 9.59 Å². The number of carbonyl (C=O) groups excluding carboxylic acids is 1. The van der Waals surface area contributed by atoms with Crippen molar-refractivity contribution in [3.05, 3.63) is 0 Å². The second-order valence-electron chi connectivity index (χ2n) is 4.39. The molecule has 0 heterocycles. The van der Waals surface area contributed by atoms with Crippen molar-refractivity contribution in [1.29, 1.82) is 0 Å². The first-order chi connectivity index (χ1) is 7.50. The van der Waals surface area contributed by atoms with Crippen LogP contribution >= 0.6 is 0 Å². The van der Waals surface area contributed by atoms with Gasteiger partial charge in [0.2, 0.25) is 5.91 Å². The molecule has 5 nitrogen and oxygen atoms in total. The van der Waals surface area contributed by atoms with Gasteiger partial charge in [0.25, 0.3) is 0 Å². The van der Waals surface area contributed by atoms with Gasteiger partial charge in [-0.05, 0) is 26.2 Å². The van der Waals surface area contributed by atoms with E-state index in [1.165, 1.54) is 0 Å². The second-order valence-corrected chi connectivity index (χ2v) is 4.39. The van der Waals surface area contributed by atoms with Crippen molar-refractivity contribution in [3.63, 3.8) is 0 Å². The molecule has 1 aliphatic carbocycles. The molecule has 1 amide bonds. The smallest absolute Gasteiger partial charge is 0.311 e. The maximum absolute atomic E-state index is 11.3. The fourth-order valence-electron chi connectivity index (χ4n) is 1.27. The molecule has 0 aliphatic heterocycles. The molecule has 92 valence electrons. The van der Waals surface area contributed by atoms with Crippen LogP contribution in [-0.4, -0.2) is 36.2 Å². The molecule has 1 unspecified atom stereocenters. The molecule has 5 heteroatoms. The van der Waals surface area contributed by atoms with Gasteiger partial charge in [0.1, 0.15) is 6.61 Å². The van der Waals surface area contributed by atoms with Gasteiger partial charge in [0, 0.05) is 6.54 Å². The van der Waals surface area contributed by atoms with E-state index in [0.717, 1.165) is 6.42 Å². The first-order valence-electron chi connectivity index (χ1n) is 5.62. The summed E-state index contributed by atoms with van der Waals surface area (Å²) >= 11 is 0. The van der Waals surface area contributed by atoms with Crippen LogP contribution in [0.5, 0.6) is 0 Å². The summed E-state index contributed by atoms with van der Waals surface area (Å²) in [6.07, 6.45) is 2.20. The van der Waals surface area contributed by atoms with Gasteiger partial charge in [-0.1, -0.05) is 6.92 Å². The van der Waals surface area contributed by atoms with Crippen molar-refractivity contribution in [2.75, 3.05) is 13.2 Å². The lowest BCUT2D eigenvalue weighted by Crippen LogP contribution is -2.36. The molecule has 0 saturated heterocycles. The molecular weight excluding hydrogens is 210 g/mol. The monoisotopic (exact) mass is 229 g/mol. The molecule has 0 aromatic rings. The van der Waals surface area contributed by atoms with Crippen molar-refractivity contribution in [3.8, 4) is 0 Å². The van der Waals surface area contributed by atoms with Gasteiger partial charge in [0.05, 0.1) is 11.5 Å². The topological polar surface area (TPSA) is 75.6 Å². The van der Waals surface area contributed by atoms with Gasteiger partial charge in [-0.25, -0.2) is 0 Å². The number of carboxylic acids is 1. The largest absolute Gasteiger partial charge is 0.481 e. The Bertz CT molecular complexity index is 273. The van der Waals surface area contributed by atoms with Crippen molar-refractivity contribution < 1.29 is 19.4 Å². The number of ether oxygens (including phenoxy) is 1. The van der Waals surface area contributed by atoms with E-state index >= 15 is 0 Å². The van der Waals surface area contributed by atoms with Gasteiger partial charge in [-0.15, -0.1) is 0 Å². The highest BCUT2D eigenvalue weighted by Gasteiger charge is 2.50. The summed E-state index contributed by atoms with van der Waals surface area (Å²) in [5.41, 5.74) is -0.702. The molecule has 16 heavy (non-hydrogen) atoms. The van der Waals surface area contributed by atoms with E-state index in [1.807, 2.05) is 13.8 Å². The van der Waals surface area contributed by atoms with Gasteiger partial charge in [-0.2, -0.15) is 0 Å². The summed E-state index contributed by atoms with van der Waals surface area (Å²) in [7, 11) is 0. The van der Waals surface area contributed by atoms with Crippen LogP contribution in [0.4, 0.5) is 0 Å². The van der Waals surface area contributed by atoms with Gasteiger partial charge < -0.3 is 15.2 Å². The Hall–Kier alpha value is -1.10. The van der Waals surface area contributed by atoms with Crippen LogP contribution in [0, 0.1) is 5.41 Å². The third kappa shape index (κ3) is 3.48. The summed E-state index contributed by atoms with van der Waals surface area (Å²) in [6.45, 7) is 4.09. The third-order valence-corrected chi connectivity index (χ3v) is 3.01. The lowest BCUT2D eigenvalue weighted by atomic mass is 10.1. The van der Waals surface area contributed by atoms with Crippen LogP contribution in [0.1, 0.15) is 33.1 Å². The second kappa shape index (κ2) is 5.30. The Morgan fingerprint density at radius 2 is 2.12 bits per heavy atom. The first-order valence-corrected chi connectivity index (χ1v) is 5.62. The lowest BCUT2D eigenvalue weighted by Gasteiger charge is -2.13. The summed E-state index contributed by atoms with van der Waals surface area (Å²) in [5.74, 6) is -1.07. The number of nitrogens with one attached hydrogen (secondary N) is 1. The van der Waals surface area contributed by atoms with E-state index in [0.29, 0.717) is 12.8 Å². The molecule has 1 atom stereocenters. The maximum atomic E-state index is 11.3. The summed E-state index contributed by atoms with van der Waals surface area (Å²) in [5, 5.41) is 11.5. The quantitative estimate of drug-likeness (QED) is 0.676. The highest BCUT2D eigenvalue weighted by atomic mass is 16.5. The molecule has 0 radical (unpaired) electrons. The molecule has 2 N–H and O–H groups in total. The molecule has 1 fully saturated rings. The molecule has 0 aromatic heterocycles. The molecule has 0 aromatic carbocycles. The Morgan fingerprint density at radius 1 is 1.50 bits per heavy atom. The van der Waals surface area contributed by atoms with E-state index in [1.54, 1.807) is 0 Å². The standard InChI is InChI=1S/C11H19NO4/c1-3-8(2)16-6-9(13)12-7-11(4-5-11)10(14)15/h8H,3-7H2,1-2H3,(H,12,13)(H,14,15). The van der Waals surface area contributed by atoms with Gasteiger partial charge in [-0.3, -0.25) is 9.59 Å². The number of rotatable bonds is 7. The molecule has 1 rings (SSSR count). The zero-order valence-corrected chi connectivity index (χ0v) is 9.78. The van der Waals surface area contributed by atoms with Crippen LogP contribution in [0.25, 0.3) is 0 Å². The summed E-state index contributed by atoms with van der Waals surface area (Å²) in [6, 6.07) is 0. The van der Waals surface area contributed by atoms with E-state index in [4.69, 9.17) is 9.84 Å². The SMILES string of the molecule is CCC(C)OCC(=O)NCC1(C(=O)O)CC1. The number of hydrogen-bond donors (Lipinski definition) is 2. The molecular formula is C11H19NO4. The Labute approximate surface area is 95.2 Å². The van der Waals surface area contributed by atoms with Crippen molar-refractivity contribution >= 4 is 11.9 Å². The Morgan fingerprint density at radius 3 is 2.56 bits per heavy atom. The van der Waals surface area contributed by atoms with Gasteiger partial charge >= 0.3 is 5.97 Å². The average Bonchev–Trinajstić information content (AvgIpc) is 3.04. The minimum absolute atomic E-state index is 0.00467. The number of hydrogen-bond acceptors (Lipinski definition) is 3. The highest BCUT2D eigenvalue weighted by molar-refractivity contribution is 5.81. The normalized spacial score (nSPS) is 18.9. The van der Waals surface area contributed by atoms with Crippen molar-refractivity contribution in [1.82, 2.24) is 5.32 Å². The Balaban J connectivity index is 2.18. The van der Waals surface area contributed by atoms with Crippen LogP contribution in [-0.2, 0) is 14.3 Å². The number of aliphatic carboxylic acids is 1. The zero-order valence-electron chi connectivity index (χ0n) is 9.78. The van der Waals surface area contributed by atoms with Crippen LogP contribution in [0.2, 0.25) is 0 Å². The van der Waals surface area contributed by atoms with Crippen LogP contribution in [0.15, 0.2) is 0 Å². The fourth-order valence-corrected chi connectivity index (χ4v) is 1.27. The molecule has 1 saturated carbocycles. The van der Waals surface area contributed by atoms with E-state index < -0.39 is 11.4 Å². The summed E-state index contributed by atoms with van der Waals surface area (Å²) in [4.78, 5) is 22.2. The predicted molar refractivity (Wildman–Crippen MR) is 58.0 cm³/mol. The highest BCUT2D eigenvalue weighted by Crippen LogP contribution is 2.45. The first kappa shape index (κ1) is 13.0. The maximum Gasteiger partial charge on any atom is 0.311 e. The van der Waals surface area contributed by atoms with Gasteiger partial charge in [0.15, 0.2) is 0 Å². The fraction of sp³-hybridized carbons (Fsp3) is 0.818. The number of carboxylic acid groups (broad SMARTS) is 1. The zero-order chi connectivity index (χ0) is 12.2. The average molecular weight is 229 g/mol. The molecule has 0 bridgehead atoms. The van der Waals surface area contributed by atoms with Crippen molar-refractivity contribution in [2.24, 2.45) is 5.41 Å². The lowest BCUT2D eigenvalue weighted by molar-refractivity contribution is -0.143. The number of carbonyl (C=O) groups is 2. The predicted octanol–water partition coefficient (Wildman–Crippen LogP) is 0.782. The van der Waals surface area contributed by atoms with E-state index in [-0.39, 0.29) is 25.2 Å². The minimum atomic E-state index is -0.823. The number of amides is 1. The van der Waals surface area contributed by atoms with Crippen molar-refractivity contribution in [2.45, 2.75) is 39.2 Å². The Kier molecular flexibility index (Phi) is 4.29. The molecule has 0 spiro atoms. The van der Waals surface area contributed by atoms with E-state index in [2.05, 4.69) is 5.32 Å². The molecule has 1 aliphatic rings. The third-order valence-electron chi connectivity index (χ3n) is 3.01.